The lowest BCUT2D eigenvalue weighted by molar-refractivity contribution is 0.417. The monoisotopic (exact) mass is 310 g/mol. The Morgan fingerprint density at radius 3 is 2.73 bits per heavy atom. The summed E-state index contributed by atoms with van der Waals surface area (Å²) in [5, 5.41) is 1.15. The number of nitrogens with zero attached hydrogens (tertiary/aromatic N) is 2. The molecular weight excluding hydrogens is 288 g/mol. The van der Waals surface area contributed by atoms with Gasteiger partial charge in [0.1, 0.15) is 5.03 Å². The molecule has 0 N–H and O–H groups in total. The van der Waals surface area contributed by atoms with Crippen molar-refractivity contribution in [2.45, 2.75) is 30.2 Å². The van der Waals surface area contributed by atoms with E-state index in [0.29, 0.717) is 0 Å². The molecule has 0 aliphatic carbocycles. The van der Waals surface area contributed by atoms with Crippen molar-refractivity contribution in [1.29, 1.82) is 0 Å². The van der Waals surface area contributed by atoms with Gasteiger partial charge in [-0.3, -0.25) is 0 Å². The Hall–Kier alpha value is -1.58. The normalized spacial score (nSPS) is 15.0. The van der Waals surface area contributed by atoms with Crippen molar-refractivity contribution in [1.82, 2.24) is 9.88 Å². The Morgan fingerprint density at radius 2 is 1.95 bits per heavy atom. The first kappa shape index (κ1) is 15.3. The number of pyridine rings is 1. The number of hydrogen-bond acceptors (Lipinski definition) is 3. The van der Waals surface area contributed by atoms with E-state index in [9.17, 15) is 0 Å². The van der Waals surface area contributed by atoms with E-state index in [1.807, 2.05) is 0 Å². The van der Waals surface area contributed by atoms with Crippen LogP contribution in [0.25, 0.3) is 5.57 Å². The summed E-state index contributed by atoms with van der Waals surface area (Å²) in [6.45, 7) is 5.33. The van der Waals surface area contributed by atoms with E-state index in [2.05, 4.69) is 69.3 Å². The van der Waals surface area contributed by atoms with Crippen molar-refractivity contribution < 1.29 is 0 Å². The van der Waals surface area contributed by atoms with Crippen molar-refractivity contribution in [3.05, 3.63) is 58.8 Å². The predicted molar refractivity (Wildman–Crippen MR) is 94.5 cm³/mol. The summed E-state index contributed by atoms with van der Waals surface area (Å²) < 4.78 is 0. The predicted octanol–water partition coefficient (Wildman–Crippen LogP) is 4.55. The molecule has 0 saturated carbocycles. The highest BCUT2D eigenvalue weighted by Gasteiger charge is 2.23. The van der Waals surface area contributed by atoms with Gasteiger partial charge < -0.3 is 4.90 Å². The minimum absolute atomic E-state index is 1.05. The molecule has 3 heteroatoms. The highest BCUT2D eigenvalue weighted by atomic mass is 32.2. The van der Waals surface area contributed by atoms with Gasteiger partial charge in [-0.1, -0.05) is 36.0 Å². The lowest BCUT2D eigenvalue weighted by Crippen LogP contribution is -2.12. The molecule has 0 amide bonds. The summed E-state index contributed by atoms with van der Waals surface area (Å²) >= 11 is 1.79. The van der Waals surface area contributed by atoms with Crippen LogP contribution in [0.3, 0.4) is 0 Å². The smallest absolute Gasteiger partial charge is 0.109 e. The molecule has 0 saturated heterocycles. The molecule has 3 rings (SSSR count). The van der Waals surface area contributed by atoms with E-state index in [0.717, 1.165) is 23.7 Å². The number of benzene rings is 1. The molecule has 1 aromatic carbocycles. The van der Waals surface area contributed by atoms with Gasteiger partial charge >= 0.3 is 0 Å². The molecule has 1 aliphatic heterocycles. The fraction of sp³-hybridized carbons (Fsp3) is 0.316. The maximum Gasteiger partial charge on any atom is 0.109 e. The van der Waals surface area contributed by atoms with Gasteiger partial charge in [0.2, 0.25) is 0 Å². The molecule has 2 aromatic rings. The van der Waals surface area contributed by atoms with Crippen LogP contribution < -0.4 is 0 Å². The topological polar surface area (TPSA) is 16.1 Å². The fourth-order valence-electron chi connectivity index (χ4n) is 2.90. The summed E-state index contributed by atoms with van der Waals surface area (Å²) in [5.41, 5.74) is 6.41. The lowest BCUT2D eigenvalue weighted by atomic mass is 9.94. The van der Waals surface area contributed by atoms with Crippen molar-refractivity contribution in [2.24, 2.45) is 0 Å². The van der Waals surface area contributed by atoms with E-state index >= 15 is 0 Å². The number of fused-ring (bicyclic) bond motifs is 2. The Kier molecular flexibility index (Phi) is 4.37. The number of rotatable bonds is 3. The Bertz CT molecular complexity index is 732. The molecule has 2 nitrogen and oxygen atoms in total. The van der Waals surface area contributed by atoms with Crippen LogP contribution in [0.15, 0.2) is 46.3 Å². The van der Waals surface area contributed by atoms with Crippen LogP contribution in [0, 0.1) is 13.8 Å². The molecule has 114 valence electrons. The average molecular weight is 310 g/mol. The third-order valence-electron chi connectivity index (χ3n) is 3.89. The third kappa shape index (κ3) is 2.96. The second-order valence-electron chi connectivity index (χ2n) is 6.07. The zero-order chi connectivity index (χ0) is 15.7. The fourth-order valence-corrected chi connectivity index (χ4v) is 4.11. The zero-order valence-corrected chi connectivity index (χ0v) is 14.5. The summed E-state index contributed by atoms with van der Waals surface area (Å²) in [6.07, 6.45) is 3.43. The number of aryl methyl sites for hydroxylation is 2. The van der Waals surface area contributed by atoms with Gasteiger partial charge in [0.25, 0.3) is 0 Å². The van der Waals surface area contributed by atoms with Crippen LogP contribution >= 0.6 is 11.8 Å². The quantitative estimate of drug-likeness (QED) is 0.706. The van der Waals surface area contributed by atoms with Crippen LogP contribution in [-0.2, 0) is 0 Å². The van der Waals surface area contributed by atoms with Crippen LogP contribution in [0.5, 0.6) is 0 Å². The van der Waals surface area contributed by atoms with Crippen molar-refractivity contribution >= 4 is 17.3 Å². The number of aromatic nitrogens is 1. The van der Waals surface area contributed by atoms with E-state index in [-0.39, 0.29) is 0 Å². The highest BCUT2D eigenvalue weighted by Crippen LogP contribution is 2.45. The molecular formula is C19H22N2S. The van der Waals surface area contributed by atoms with Gasteiger partial charge in [-0.25, -0.2) is 4.98 Å². The van der Waals surface area contributed by atoms with Crippen LogP contribution in [0.1, 0.15) is 28.8 Å². The van der Waals surface area contributed by atoms with Crippen LogP contribution in [0.2, 0.25) is 0 Å². The Labute approximate surface area is 137 Å². The standard InChI is InChI=1S/C19H22N2S/c1-13-12-14(2)20-19-18(13)16(9-7-11-21(3)4)15-8-5-6-10-17(15)22-19/h5-6,8-10,12H,7,11H2,1-4H3. The first-order valence-electron chi connectivity index (χ1n) is 7.67. The minimum Gasteiger partial charge on any atom is -0.309 e. The molecule has 0 unspecified atom stereocenters. The molecule has 1 aliphatic rings. The highest BCUT2D eigenvalue weighted by molar-refractivity contribution is 7.99. The van der Waals surface area contributed by atoms with Crippen LogP contribution in [0.4, 0.5) is 0 Å². The lowest BCUT2D eigenvalue weighted by Gasteiger charge is -2.23. The Balaban J connectivity index is 2.12. The second-order valence-corrected chi connectivity index (χ2v) is 7.10. The summed E-state index contributed by atoms with van der Waals surface area (Å²) in [5.74, 6) is 0. The largest absolute Gasteiger partial charge is 0.309 e. The van der Waals surface area contributed by atoms with Gasteiger partial charge in [0.15, 0.2) is 0 Å². The van der Waals surface area contributed by atoms with Gasteiger partial charge in [0.05, 0.1) is 0 Å². The molecule has 0 atom stereocenters. The van der Waals surface area contributed by atoms with Crippen molar-refractivity contribution in [3.63, 3.8) is 0 Å². The second kappa shape index (κ2) is 6.27. The first-order chi connectivity index (χ1) is 10.6. The average Bonchev–Trinajstić information content (AvgIpc) is 2.45. The SMILES string of the molecule is Cc1cc(C)c2c(n1)Sc1ccccc1C2=CCCN(C)C. The molecule has 2 heterocycles. The summed E-state index contributed by atoms with van der Waals surface area (Å²) in [6, 6.07) is 10.8. The molecule has 0 bridgehead atoms. The molecule has 1 aromatic heterocycles. The van der Waals surface area contributed by atoms with E-state index in [1.165, 1.54) is 27.2 Å². The van der Waals surface area contributed by atoms with E-state index in [4.69, 9.17) is 4.98 Å². The maximum absolute atomic E-state index is 4.78. The summed E-state index contributed by atoms with van der Waals surface area (Å²) in [7, 11) is 4.24. The third-order valence-corrected chi connectivity index (χ3v) is 4.95. The first-order valence-corrected chi connectivity index (χ1v) is 8.48. The van der Waals surface area contributed by atoms with Gasteiger partial charge in [-0.05, 0) is 63.2 Å². The van der Waals surface area contributed by atoms with Gasteiger partial charge in [-0.15, -0.1) is 0 Å². The molecule has 0 spiro atoms. The maximum atomic E-state index is 4.78. The van der Waals surface area contributed by atoms with E-state index < -0.39 is 0 Å². The zero-order valence-electron chi connectivity index (χ0n) is 13.7. The van der Waals surface area contributed by atoms with Crippen LogP contribution in [-0.4, -0.2) is 30.5 Å². The Morgan fingerprint density at radius 1 is 1.18 bits per heavy atom. The van der Waals surface area contributed by atoms with E-state index in [1.54, 1.807) is 11.8 Å². The molecule has 0 fully saturated rings. The van der Waals surface area contributed by atoms with Gasteiger partial charge in [-0.2, -0.15) is 0 Å². The van der Waals surface area contributed by atoms with Crippen molar-refractivity contribution in [3.8, 4) is 0 Å². The minimum atomic E-state index is 1.05. The van der Waals surface area contributed by atoms with Gasteiger partial charge in [0, 0.05) is 22.7 Å². The molecule has 0 radical (unpaired) electrons. The van der Waals surface area contributed by atoms with Crippen molar-refractivity contribution in [2.75, 3.05) is 20.6 Å². The summed E-state index contributed by atoms with van der Waals surface area (Å²) in [4.78, 5) is 8.31. The number of hydrogen-bond donors (Lipinski definition) is 0. The molecule has 22 heavy (non-hydrogen) atoms.